The largest absolute Gasteiger partial charge is 0.394 e. The summed E-state index contributed by atoms with van der Waals surface area (Å²) in [4.78, 5) is 12.7. The number of hydrogen-bond acceptors (Lipinski definition) is 8. The first-order valence-electron chi connectivity index (χ1n) is 8.70. The first-order chi connectivity index (χ1) is 13.6. The van der Waals surface area contributed by atoms with E-state index in [0.29, 0.717) is 22.5 Å². The lowest BCUT2D eigenvalue weighted by Crippen LogP contribution is -2.44. The molecule has 0 spiro atoms. The third kappa shape index (κ3) is 2.80. The summed E-state index contributed by atoms with van der Waals surface area (Å²) < 4.78 is 7.35. The molecule has 1 aliphatic heterocycles. The molecule has 0 unspecified atom stereocenters. The topological polar surface area (TPSA) is 126 Å². The molecule has 9 heteroatoms. The van der Waals surface area contributed by atoms with Gasteiger partial charge in [0.15, 0.2) is 17.0 Å². The van der Waals surface area contributed by atoms with Crippen LogP contribution in [0.3, 0.4) is 0 Å². The summed E-state index contributed by atoms with van der Waals surface area (Å²) in [6.07, 6.45) is -1.01. The number of imidazole rings is 1. The van der Waals surface area contributed by atoms with E-state index in [-0.39, 0.29) is 0 Å². The predicted molar refractivity (Wildman–Crippen MR) is 100 cm³/mol. The number of ether oxygens (including phenoxy) is 1. The van der Waals surface area contributed by atoms with Crippen LogP contribution in [0.4, 0.5) is 5.82 Å². The van der Waals surface area contributed by atoms with Crippen LogP contribution in [0.2, 0.25) is 0 Å². The minimum absolute atomic E-state index is 0.367. The van der Waals surface area contributed by atoms with Crippen molar-refractivity contribution >= 4 is 17.0 Å². The summed E-state index contributed by atoms with van der Waals surface area (Å²) >= 11 is 0. The van der Waals surface area contributed by atoms with Gasteiger partial charge in [-0.1, -0.05) is 24.1 Å². The van der Waals surface area contributed by atoms with Gasteiger partial charge in [-0.05, 0) is 18.1 Å². The Balaban J connectivity index is 1.92. The van der Waals surface area contributed by atoms with Crippen molar-refractivity contribution in [2.45, 2.75) is 24.0 Å². The number of fused-ring (bicyclic) bond motifs is 1. The zero-order valence-corrected chi connectivity index (χ0v) is 15.0. The van der Waals surface area contributed by atoms with Gasteiger partial charge in [-0.15, -0.1) is 0 Å². The maximum absolute atomic E-state index is 10.8. The molecule has 4 N–H and O–H groups in total. The second-order valence-corrected chi connectivity index (χ2v) is 6.35. The van der Waals surface area contributed by atoms with Gasteiger partial charge >= 0.3 is 0 Å². The smallest absolute Gasteiger partial charge is 0.241 e. The van der Waals surface area contributed by atoms with Gasteiger partial charge < -0.3 is 25.4 Å². The number of hydrogen-bond donors (Lipinski definition) is 4. The van der Waals surface area contributed by atoms with Crippen LogP contribution in [-0.2, 0) is 10.5 Å². The SMILES string of the molecule is CNc1ncnc2c1ncn2[C@]1(C#Cc2ccccc2)O[C@H](CO)[C@@H](O)[C@H]1O. The summed E-state index contributed by atoms with van der Waals surface area (Å²) in [5.74, 6) is 6.41. The Hall–Kier alpha value is -3.03. The highest BCUT2D eigenvalue weighted by atomic mass is 16.6. The molecule has 0 aliphatic carbocycles. The average molecular weight is 381 g/mol. The molecule has 0 radical (unpaired) electrons. The zero-order chi connectivity index (χ0) is 19.7. The van der Waals surface area contributed by atoms with Crippen molar-refractivity contribution < 1.29 is 20.1 Å². The Morgan fingerprint density at radius 1 is 1.21 bits per heavy atom. The van der Waals surface area contributed by atoms with E-state index in [0.717, 1.165) is 0 Å². The average Bonchev–Trinajstić information content (AvgIpc) is 3.28. The van der Waals surface area contributed by atoms with Gasteiger partial charge in [0.05, 0.1) is 6.61 Å². The van der Waals surface area contributed by atoms with Crippen molar-refractivity contribution in [3.63, 3.8) is 0 Å². The number of rotatable bonds is 3. The minimum atomic E-state index is -1.68. The molecule has 1 fully saturated rings. The molecule has 1 aromatic carbocycles. The number of nitrogens with zero attached hydrogens (tertiary/aromatic N) is 4. The normalized spacial score (nSPS) is 26.8. The van der Waals surface area contributed by atoms with Crippen molar-refractivity contribution in [2.75, 3.05) is 19.0 Å². The molecule has 3 aromatic rings. The number of nitrogens with one attached hydrogen (secondary N) is 1. The summed E-state index contributed by atoms with van der Waals surface area (Å²) in [5, 5.41) is 33.7. The maximum atomic E-state index is 10.8. The highest BCUT2D eigenvalue weighted by Gasteiger charge is 2.55. The maximum Gasteiger partial charge on any atom is 0.241 e. The van der Waals surface area contributed by atoms with Crippen LogP contribution in [0.25, 0.3) is 11.2 Å². The highest BCUT2D eigenvalue weighted by Crippen LogP contribution is 2.37. The Labute approximate surface area is 160 Å². The molecule has 3 heterocycles. The van der Waals surface area contributed by atoms with Crippen LogP contribution >= 0.6 is 0 Å². The Kier molecular flexibility index (Phi) is 4.70. The molecule has 0 amide bonds. The van der Waals surface area contributed by atoms with Crippen molar-refractivity contribution in [1.82, 2.24) is 19.5 Å². The zero-order valence-electron chi connectivity index (χ0n) is 15.0. The molecule has 1 saturated heterocycles. The van der Waals surface area contributed by atoms with Crippen LogP contribution in [0.15, 0.2) is 43.0 Å². The summed E-state index contributed by atoms with van der Waals surface area (Å²) in [6, 6.07) is 9.18. The van der Waals surface area contributed by atoms with E-state index in [1.54, 1.807) is 7.05 Å². The molecular formula is C19H19N5O4. The van der Waals surface area contributed by atoms with Gasteiger partial charge in [0.2, 0.25) is 5.72 Å². The minimum Gasteiger partial charge on any atom is -0.394 e. The van der Waals surface area contributed by atoms with Gasteiger partial charge in [0.1, 0.15) is 31.0 Å². The second kappa shape index (κ2) is 7.18. The second-order valence-electron chi connectivity index (χ2n) is 6.35. The van der Waals surface area contributed by atoms with Crippen molar-refractivity contribution in [2.24, 2.45) is 0 Å². The van der Waals surface area contributed by atoms with E-state index in [1.807, 2.05) is 30.3 Å². The molecule has 144 valence electrons. The summed E-state index contributed by atoms with van der Waals surface area (Å²) in [7, 11) is 1.71. The summed E-state index contributed by atoms with van der Waals surface area (Å²) in [6.45, 7) is -0.476. The lowest BCUT2D eigenvalue weighted by molar-refractivity contribution is -0.103. The number of aliphatic hydroxyl groups excluding tert-OH is 3. The quantitative estimate of drug-likeness (QED) is 0.455. The molecular weight excluding hydrogens is 362 g/mol. The third-order valence-corrected chi connectivity index (χ3v) is 4.70. The first kappa shape index (κ1) is 18.3. The fraction of sp³-hybridized carbons (Fsp3) is 0.316. The van der Waals surface area contributed by atoms with Gasteiger partial charge in [-0.25, -0.2) is 15.0 Å². The number of aliphatic hydroxyl groups is 3. The van der Waals surface area contributed by atoms with E-state index < -0.39 is 30.6 Å². The Morgan fingerprint density at radius 3 is 2.68 bits per heavy atom. The standard InChI is InChI=1S/C19H19N5O4/c1-20-17-14-18(22-10-21-17)24(11-23-14)19(8-7-12-5-3-2-4-6-12)16(27)15(26)13(9-25)28-19/h2-6,10-11,13,15-16,25-27H,9H2,1H3,(H,20,21,22)/t13-,15-,16-,19-/m1/s1. The van der Waals surface area contributed by atoms with Crippen LogP contribution < -0.4 is 5.32 Å². The van der Waals surface area contributed by atoms with Crippen molar-refractivity contribution in [3.05, 3.63) is 48.5 Å². The van der Waals surface area contributed by atoms with Crippen molar-refractivity contribution in [1.29, 1.82) is 0 Å². The van der Waals surface area contributed by atoms with Crippen LogP contribution in [0.5, 0.6) is 0 Å². The number of benzene rings is 1. The van der Waals surface area contributed by atoms with E-state index in [1.165, 1.54) is 17.2 Å². The lowest BCUT2D eigenvalue weighted by atomic mass is 10.0. The van der Waals surface area contributed by atoms with E-state index in [2.05, 4.69) is 32.1 Å². The van der Waals surface area contributed by atoms with Crippen LogP contribution in [-0.4, -0.2) is 66.8 Å². The molecule has 2 aromatic heterocycles. The fourth-order valence-corrected chi connectivity index (χ4v) is 3.26. The van der Waals surface area contributed by atoms with Gasteiger partial charge in [0, 0.05) is 12.6 Å². The van der Waals surface area contributed by atoms with E-state index in [4.69, 9.17) is 4.74 Å². The van der Waals surface area contributed by atoms with Gasteiger partial charge in [-0.2, -0.15) is 0 Å². The highest BCUT2D eigenvalue weighted by molar-refractivity contribution is 5.82. The molecule has 0 bridgehead atoms. The number of anilines is 1. The van der Waals surface area contributed by atoms with Crippen LogP contribution in [0.1, 0.15) is 5.56 Å². The molecule has 4 atom stereocenters. The van der Waals surface area contributed by atoms with Gasteiger partial charge in [-0.3, -0.25) is 4.57 Å². The molecule has 1 aliphatic rings. The molecule has 9 nitrogen and oxygen atoms in total. The molecule has 4 rings (SSSR count). The fourth-order valence-electron chi connectivity index (χ4n) is 3.26. The summed E-state index contributed by atoms with van der Waals surface area (Å²) in [5.41, 5.74) is -0.152. The predicted octanol–water partition coefficient (Wildman–Crippen LogP) is -0.315. The third-order valence-electron chi connectivity index (χ3n) is 4.70. The molecule has 0 saturated carbocycles. The lowest BCUT2D eigenvalue weighted by Gasteiger charge is -2.28. The Morgan fingerprint density at radius 2 is 2.00 bits per heavy atom. The monoisotopic (exact) mass is 381 g/mol. The van der Waals surface area contributed by atoms with Gasteiger partial charge in [0.25, 0.3) is 0 Å². The van der Waals surface area contributed by atoms with Crippen molar-refractivity contribution in [3.8, 4) is 11.8 Å². The molecule has 28 heavy (non-hydrogen) atoms. The first-order valence-corrected chi connectivity index (χ1v) is 8.70. The number of aromatic nitrogens is 4. The van der Waals surface area contributed by atoms with E-state index in [9.17, 15) is 15.3 Å². The van der Waals surface area contributed by atoms with E-state index >= 15 is 0 Å². The Bertz CT molecular complexity index is 1040. The van der Waals surface area contributed by atoms with Crippen LogP contribution in [0, 0.1) is 11.8 Å².